The van der Waals surface area contributed by atoms with E-state index in [1.807, 2.05) is 6.92 Å². The van der Waals surface area contributed by atoms with Crippen LogP contribution in [0.5, 0.6) is 0 Å². The summed E-state index contributed by atoms with van der Waals surface area (Å²) in [6, 6.07) is 6.33. The van der Waals surface area contributed by atoms with E-state index in [9.17, 15) is 10.1 Å². The molecular weight excluding hydrogens is 360 g/mol. The Hall–Kier alpha value is -3.10. The zero-order valence-corrected chi connectivity index (χ0v) is 16.8. The molecule has 9 heteroatoms. The lowest BCUT2D eigenvalue weighted by atomic mass is 9.94. The third-order valence-electron chi connectivity index (χ3n) is 3.83. The van der Waals surface area contributed by atoms with Crippen LogP contribution in [0.3, 0.4) is 0 Å². The molecule has 0 aliphatic carbocycles. The topological polar surface area (TPSA) is 118 Å². The number of non-ortho nitro benzene ring substituents is 1. The average Bonchev–Trinajstić information content (AvgIpc) is 3.13. The molecule has 3 N–H and O–H groups in total. The summed E-state index contributed by atoms with van der Waals surface area (Å²) < 4.78 is 5.75. The fourth-order valence-corrected chi connectivity index (χ4v) is 2.31. The number of nitro groups is 1. The average molecular weight is 388 g/mol. The van der Waals surface area contributed by atoms with Gasteiger partial charge >= 0.3 is 0 Å². The first-order chi connectivity index (χ1) is 13.3. The minimum atomic E-state index is -0.414. The van der Waals surface area contributed by atoms with E-state index < -0.39 is 4.92 Å². The molecule has 2 rings (SSSR count). The van der Waals surface area contributed by atoms with Crippen LogP contribution < -0.4 is 16.0 Å². The smallest absolute Gasteiger partial charge is 0.269 e. The number of oxazole rings is 1. The number of nitrogens with zero attached hydrogens (tertiary/aromatic N) is 3. The van der Waals surface area contributed by atoms with Crippen molar-refractivity contribution >= 4 is 17.3 Å². The molecule has 0 atom stereocenters. The third-order valence-corrected chi connectivity index (χ3v) is 3.83. The Balaban J connectivity index is 1.82. The van der Waals surface area contributed by atoms with Gasteiger partial charge in [-0.2, -0.15) is 0 Å². The summed E-state index contributed by atoms with van der Waals surface area (Å²) >= 11 is 0. The second-order valence-electron chi connectivity index (χ2n) is 7.22. The molecule has 0 bridgehead atoms. The van der Waals surface area contributed by atoms with E-state index in [-0.39, 0.29) is 11.1 Å². The third kappa shape index (κ3) is 6.57. The van der Waals surface area contributed by atoms with Crippen molar-refractivity contribution in [2.24, 2.45) is 4.99 Å². The van der Waals surface area contributed by atoms with Crippen molar-refractivity contribution in [3.8, 4) is 0 Å². The highest BCUT2D eigenvalue weighted by atomic mass is 16.6. The molecule has 0 saturated carbocycles. The van der Waals surface area contributed by atoms with Crippen LogP contribution in [0.2, 0.25) is 0 Å². The molecule has 0 fully saturated rings. The molecule has 0 amide bonds. The summed E-state index contributed by atoms with van der Waals surface area (Å²) in [6.07, 6.45) is 1.75. The number of hydrogen-bond acceptors (Lipinski definition) is 6. The summed E-state index contributed by atoms with van der Waals surface area (Å²) in [5, 5.41) is 20.3. The highest BCUT2D eigenvalue weighted by molar-refractivity contribution is 5.79. The summed E-state index contributed by atoms with van der Waals surface area (Å²) in [5.41, 5.74) is 0.816. The van der Waals surface area contributed by atoms with Crippen LogP contribution in [0.1, 0.15) is 39.3 Å². The quantitative estimate of drug-likeness (QED) is 0.209. The predicted octanol–water partition coefficient (Wildman–Crippen LogP) is 3.05. The Bertz CT molecular complexity index is 793. The second kappa shape index (κ2) is 9.72. The number of anilines is 1. The van der Waals surface area contributed by atoms with Crippen molar-refractivity contribution in [1.29, 1.82) is 0 Å². The first kappa shape index (κ1) is 21.2. The van der Waals surface area contributed by atoms with Gasteiger partial charge in [0.15, 0.2) is 5.96 Å². The monoisotopic (exact) mass is 388 g/mol. The Labute approximate surface area is 164 Å². The normalized spacial score (nSPS) is 11.9. The Morgan fingerprint density at radius 3 is 2.50 bits per heavy atom. The van der Waals surface area contributed by atoms with Gasteiger partial charge in [0.05, 0.1) is 11.1 Å². The molecule has 1 aromatic carbocycles. The van der Waals surface area contributed by atoms with Gasteiger partial charge in [-0.25, -0.2) is 9.98 Å². The molecule has 0 saturated heterocycles. The molecule has 152 valence electrons. The number of rotatable bonds is 8. The number of aromatic nitrogens is 1. The number of guanidine groups is 1. The van der Waals surface area contributed by atoms with E-state index in [0.717, 1.165) is 18.0 Å². The predicted molar refractivity (Wildman–Crippen MR) is 110 cm³/mol. The molecule has 0 aliphatic heterocycles. The fraction of sp³-hybridized carbons (Fsp3) is 0.474. The van der Waals surface area contributed by atoms with Crippen LogP contribution >= 0.6 is 0 Å². The minimum Gasteiger partial charge on any atom is -0.443 e. The fourth-order valence-electron chi connectivity index (χ4n) is 2.31. The lowest BCUT2D eigenvalue weighted by Crippen LogP contribution is -2.39. The number of benzene rings is 1. The van der Waals surface area contributed by atoms with Crippen molar-refractivity contribution in [2.75, 3.05) is 25.0 Å². The molecule has 9 nitrogen and oxygen atoms in total. The first-order valence-corrected chi connectivity index (χ1v) is 9.25. The van der Waals surface area contributed by atoms with Gasteiger partial charge in [0, 0.05) is 42.9 Å². The van der Waals surface area contributed by atoms with Crippen LogP contribution in [0.15, 0.2) is 39.9 Å². The second-order valence-corrected chi connectivity index (χ2v) is 7.22. The molecule has 0 aliphatic rings. The maximum absolute atomic E-state index is 10.7. The maximum Gasteiger partial charge on any atom is 0.269 e. The van der Waals surface area contributed by atoms with Gasteiger partial charge in [-0.05, 0) is 19.1 Å². The van der Waals surface area contributed by atoms with Crippen LogP contribution in [0.4, 0.5) is 11.4 Å². The van der Waals surface area contributed by atoms with Gasteiger partial charge in [-0.3, -0.25) is 10.1 Å². The first-order valence-electron chi connectivity index (χ1n) is 9.25. The summed E-state index contributed by atoms with van der Waals surface area (Å²) in [7, 11) is 0. The lowest BCUT2D eigenvalue weighted by Gasteiger charge is -2.13. The number of nitro benzene ring substituents is 1. The van der Waals surface area contributed by atoms with E-state index >= 15 is 0 Å². The summed E-state index contributed by atoms with van der Waals surface area (Å²) in [5.74, 6) is 2.08. The van der Waals surface area contributed by atoms with Crippen LogP contribution in [-0.4, -0.2) is 35.5 Å². The molecule has 0 spiro atoms. The highest BCUT2D eigenvalue weighted by Crippen LogP contribution is 2.22. The van der Waals surface area contributed by atoms with E-state index in [0.29, 0.717) is 31.5 Å². The van der Waals surface area contributed by atoms with E-state index in [4.69, 9.17) is 4.42 Å². The maximum atomic E-state index is 10.7. The number of hydrogen-bond donors (Lipinski definition) is 3. The Morgan fingerprint density at radius 2 is 1.93 bits per heavy atom. The largest absolute Gasteiger partial charge is 0.443 e. The highest BCUT2D eigenvalue weighted by Gasteiger charge is 2.19. The summed E-state index contributed by atoms with van der Waals surface area (Å²) in [6.45, 7) is 10.6. The minimum absolute atomic E-state index is 0.0754. The van der Waals surface area contributed by atoms with Crippen molar-refractivity contribution < 1.29 is 9.34 Å². The molecule has 28 heavy (non-hydrogen) atoms. The number of aliphatic imine (C=N–C) groups is 1. The van der Waals surface area contributed by atoms with Crippen LogP contribution in [0, 0.1) is 10.1 Å². The summed E-state index contributed by atoms with van der Waals surface area (Å²) in [4.78, 5) is 19.0. The standard InChI is InChI=1S/C19H28N6O3/c1-5-20-18(24-13-17-23-12-16(28-17)19(2,3)4)22-11-10-21-14-6-8-15(9-7-14)25(26)27/h6-9,12,21H,5,10-11,13H2,1-4H3,(H2,20,22,24). The van der Waals surface area contributed by atoms with Gasteiger partial charge < -0.3 is 20.4 Å². The van der Waals surface area contributed by atoms with Crippen molar-refractivity contribution in [3.05, 3.63) is 52.2 Å². The van der Waals surface area contributed by atoms with Crippen LogP contribution in [0.25, 0.3) is 0 Å². The van der Waals surface area contributed by atoms with Crippen molar-refractivity contribution in [1.82, 2.24) is 15.6 Å². The molecule has 1 heterocycles. The van der Waals surface area contributed by atoms with Gasteiger partial charge in [-0.15, -0.1) is 0 Å². The van der Waals surface area contributed by atoms with Gasteiger partial charge in [0.1, 0.15) is 12.3 Å². The van der Waals surface area contributed by atoms with E-state index in [2.05, 4.69) is 46.7 Å². The van der Waals surface area contributed by atoms with Crippen LogP contribution in [-0.2, 0) is 12.0 Å². The zero-order chi connectivity index (χ0) is 20.6. The Kier molecular flexibility index (Phi) is 7.36. The van der Waals surface area contributed by atoms with Gasteiger partial charge in [-0.1, -0.05) is 20.8 Å². The van der Waals surface area contributed by atoms with E-state index in [1.165, 1.54) is 12.1 Å². The molecular formula is C19H28N6O3. The van der Waals surface area contributed by atoms with E-state index in [1.54, 1.807) is 18.3 Å². The molecule has 0 unspecified atom stereocenters. The molecule has 0 radical (unpaired) electrons. The lowest BCUT2D eigenvalue weighted by molar-refractivity contribution is -0.384. The number of nitrogens with one attached hydrogen (secondary N) is 3. The van der Waals surface area contributed by atoms with Gasteiger partial charge in [0.25, 0.3) is 5.69 Å². The SMILES string of the molecule is CCNC(=NCc1ncc(C(C)(C)C)o1)NCCNc1ccc([N+](=O)[O-])cc1. The zero-order valence-electron chi connectivity index (χ0n) is 16.8. The van der Waals surface area contributed by atoms with Crippen molar-refractivity contribution in [2.45, 2.75) is 39.7 Å². The molecule has 2 aromatic rings. The van der Waals surface area contributed by atoms with Crippen molar-refractivity contribution in [3.63, 3.8) is 0 Å². The molecule has 1 aromatic heterocycles. The van der Waals surface area contributed by atoms with Gasteiger partial charge in [0.2, 0.25) is 5.89 Å². The Morgan fingerprint density at radius 1 is 1.21 bits per heavy atom.